The van der Waals surface area contributed by atoms with E-state index in [9.17, 15) is 9.90 Å². The summed E-state index contributed by atoms with van der Waals surface area (Å²) in [5.74, 6) is 0. The maximum atomic E-state index is 12.3. The van der Waals surface area contributed by atoms with Crippen LogP contribution < -0.4 is 11.3 Å². The van der Waals surface area contributed by atoms with E-state index < -0.39 is 6.10 Å². The van der Waals surface area contributed by atoms with Gasteiger partial charge in [-0.2, -0.15) is 0 Å². The highest BCUT2D eigenvalue weighted by Gasteiger charge is 2.28. The Hall–Kier alpha value is -2.01. The van der Waals surface area contributed by atoms with Crippen LogP contribution in [0.2, 0.25) is 0 Å². The van der Waals surface area contributed by atoms with Crippen molar-refractivity contribution in [3.05, 3.63) is 40.7 Å². The van der Waals surface area contributed by atoms with E-state index in [-0.39, 0.29) is 17.3 Å². The molecule has 1 fully saturated rings. The van der Waals surface area contributed by atoms with Gasteiger partial charge in [-0.15, -0.1) is 0 Å². The van der Waals surface area contributed by atoms with Gasteiger partial charge in [0.15, 0.2) is 0 Å². The molecule has 5 nitrogen and oxygen atoms in total. The fraction of sp³-hybridized carbons (Fsp3) is 0.400. The third kappa shape index (κ3) is 2.14. The van der Waals surface area contributed by atoms with Crippen LogP contribution in [0, 0.1) is 0 Å². The number of anilines is 1. The molecule has 1 aliphatic carbocycles. The lowest BCUT2D eigenvalue weighted by molar-refractivity contribution is 0.0680. The number of H-pyrrole nitrogens is 1. The molecule has 0 radical (unpaired) electrons. The quantitative estimate of drug-likeness (QED) is 0.781. The van der Waals surface area contributed by atoms with Crippen molar-refractivity contribution in [1.82, 2.24) is 9.78 Å². The molecule has 0 amide bonds. The zero-order valence-corrected chi connectivity index (χ0v) is 11.2. The summed E-state index contributed by atoms with van der Waals surface area (Å²) < 4.78 is 1.50. The number of aliphatic hydroxyl groups is 1. The Bertz CT molecular complexity index is 645. The van der Waals surface area contributed by atoms with Crippen LogP contribution in [0.3, 0.4) is 0 Å². The fourth-order valence-corrected chi connectivity index (χ4v) is 2.92. The monoisotopic (exact) mass is 273 g/mol. The first-order chi connectivity index (χ1) is 9.68. The molecular weight excluding hydrogens is 254 g/mol. The first-order valence-electron chi connectivity index (χ1n) is 7.02. The summed E-state index contributed by atoms with van der Waals surface area (Å²) in [5, 5.41) is 13.2. The van der Waals surface area contributed by atoms with Gasteiger partial charge in [0.25, 0.3) is 5.56 Å². The molecule has 106 valence electrons. The molecule has 4 N–H and O–H groups in total. The molecule has 1 aromatic heterocycles. The molecule has 2 aromatic rings. The van der Waals surface area contributed by atoms with Gasteiger partial charge in [0.2, 0.25) is 0 Å². The lowest BCUT2D eigenvalue weighted by Gasteiger charge is -2.27. The number of nitrogens with two attached hydrogens (primary N) is 1. The van der Waals surface area contributed by atoms with E-state index >= 15 is 0 Å². The van der Waals surface area contributed by atoms with E-state index in [0.29, 0.717) is 5.69 Å². The Morgan fingerprint density at radius 3 is 2.60 bits per heavy atom. The second-order valence-corrected chi connectivity index (χ2v) is 5.36. The molecule has 2 unspecified atom stereocenters. The van der Waals surface area contributed by atoms with Gasteiger partial charge in [-0.05, 0) is 12.8 Å². The summed E-state index contributed by atoms with van der Waals surface area (Å²) in [6.45, 7) is 0. The third-order valence-corrected chi connectivity index (χ3v) is 4.04. The van der Waals surface area contributed by atoms with Crippen LogP contribution in [-0.2, 0) is 0 Å². The summed E-state index contributed by atoms with van der Waals surface area (Å²) >= 11 is 0. The van der Waals surface area contributed by atoms with Crippen molar-refractivity contribution < 1.29 is 5.11 Å². The van der Waals surface area contributed by atoms with Gasteiger partial charge in [-0.25, -0.2) is 4.68 Å². The highest BCUT2D eigenvalue weighted by Crippen LogP contribution is 2.29. The van der Waals surface area contributed by atoms with Gasteiger partial charge in [-0.3, -0.25) is 9.89 Å². The van der Waals surface area contributed by atoms with Crippen LogP contribution in [0.1, 0.15) is 31.7 Å². The summed E-state index contributed by atoms with van der Waals surface area (Å²) in [5.41, 5.74) is 7.43. The topological polar surface area (TPSA) is 84.0 Å². The average molecular weight is 273 g/mol. The van der Waals surface area contributed by atoms with Gasteiger partial charge in [0.05, 0.1) is 17.8 Å². The minimum Gasteiger partial charge on any atom is -0.392 e. The number of nitrogens with zero attached hydrogens (tertiary/aromatic N) is 1. The molecule has 1 aromatic carbocycles. The Morgan fingerprint density at radius 1 is 1.20 bits per heavy atom. The minimum atomic E-state index is -0.483. The summed E-state index contributed by atoms with van der Waals surface area (Å²) in [4.78, 5) is 12.3. The zero-order chi connectivity index (χ0) is 14.1. The van der Waals surface area contributed by atoms with Crippen molar-refractivity contribution in [1.29, 1.82) is 0 Å². The Kier molecular flexibility index (Phi) is 3.36. The Labute approximate surface area is 117 Å². The number of benzene rings is 1. The van der Waals surface area contributed by atoms with Crippen molar-refractivity contribution >= 4 is 5.69 Å². The number of rotatable bonds is 2. The molecule has 0 saturated heterocycles. The number of aliphatic hydroxyl groups excluding tert-OH is 1. The van der Waals surface area contributed by atoms with E-state index in [1.54, 1.807) is 0 Å². The van der Waals surface area contributed by atoms with Gasteiger partial charge >= 0.3 is 0 Å². The molecule has 1 aliphatic rings. The molecule has 20 heavy (non-hydrogen) atoms. The van der Waals surface area contributed by atoms with Crippen molar-refractivity contribution in [2.24, 2.45) is 0 Å². The number of hydrogen-bond donors (Lipinski definition) is 3. The van der Waals surface area contributed by atoms with E-state index in [1.165, 1.54) is 4.68 Å². The molecule has 2 atom stereocenters. The first kappa shape index (κ1) is 13.0. The first-order valence-corrected chi connectivity index (χ1v) is 7.02. The maximum Gasteiger partial charge on any atom is 0.290 e. The molecule has 1 saturated carbocycles. The normalized spacial score (nSPS) is 22.9. The molecule has 0 aliphatic heterocycles. The summed E-state index contributed by atoms with van der Waals surface area (Å²) in [6.07, 6.45) is 3.08. The van der Waals surface area contributed by atoms with Crippen molar-refractivity contribution in [3.63, 3.8) is 0 Å². The van der Waals surface area contributed by atoms with Gasteiger partial charge in [-0.1, -0.05) is 43.2 Å². The van der Waals surface area contributed by atoms with Crippen molar-refractivity contribution in [3.8, 4) is 11.3 Å². The van der Waals surface area contributed by atoms with E-state index in [2.05, 4.69) is 5.10 Å². The molecule has 1 heterocycles. The number of nitrogen functional groups attached to an aromatic ring is 1. The van der Waals surface area contributed by atoms with Crippen LogP contribution in [0.15, 0.2) is 35.1 Å². The predicted molar refractivity (Wildman–Crippen MR) is 78.4 cm³/mol. The molecule has 5 heteroatoms. The fourth-order valence-electron chi connectivity index (χ4n) is 2.92. The highest BCUT2D eigenvalue weighted by molar-refractivity contribution is 5.71. The maximum absolute atomic E-state index is 12.3. The minimum absolute atomic E-state index is 0.198. The van der Waals surface area contributed by atoms with Crippen LogP contribution in [0.25, 0.3) is 11.3 Å². The molecular formula is C15H19N3O2. The lowest BCUT2D eigenvalue weighted by atomic mass is 9.93. The molecule has 0 spiro atoms. The van der Waals surface area contributed by atoms with Crippen LogP contribution in [-0.4, -0.2) is 21.0 Å². The number of aromatic amines is 1. The van der Waals surface area contributed by atoms with Crippen LogP contribution in [0.5, 0.6) is 0 Å². The third-order valence-electron chi connectivity index (χ3n) is 4.04. The highest BCUT2D eigenvalue weighted by atomic mass is 16.3. The number of aromatic nitrogens is 2. The Balaban J connectivity index is 2.04. The van der Waals surface area contributed by atoms with E-state index in [0.717, 1.165) is 31.2 Å². The zero-order valence-electron chi connectivity index (χ0n) is 11.2. The second-order valence-electron chi connectivity index (χ2n) is 5.36. The summed E-state index contributed by atoms with van der Waals surface area (Å²) in [6, 6.07) is 9.34. The number of nitrogens with one attached hydrogen (secondary N) is 1. The number of hydrogen-bond acceptors (Lipinski definition) is 3. The van der Waals surface area contributed by atoms with E-state index in [1.807, 2.05) is 30.3 Å². The van der Waals surface area contributed by atoms with Gasteiger partial charge in [0.1, 0.15) is 5.69 Å². The summed E-state index contributed by atoms with van der Waals surface area (Å²) in [7, 11) is 0. The van der Waals surface area contributed by atoms with Crippen molar-refractivity contribution in [2.75, 3.05) is 5.73 Å². The largest absolute Gasteiger partial charge is 0.392 e. The smallest absolute Gasteiger partial charge is 0.290 e. The van der Waals surface area contributed by atoms with Gasteiger partial charge in [0, 0.05) is 5.56 Å². The standard InChI is InChI=1S/C15H19N3O2/c16-13-14(10-6-2-1-3-7-10)17-18(15(13)20)11-8-4-5-9-12(11)19/h1-3,6-7,11-12,17,19H,4-5,8-9,16H2. The Morgan fingerprint density at radius 2 is 1.90 bits per heavy atom. The van der Waals surface area contributed by atoms with Crippen LogP contribution in [0.4, 0.5) is 5.69 Å². The van der Waals surface area contributed by atoms with Crippen LogP contribution >= 0.6 is 0 Å². The van der Waals surface area contributed by atoms with E-state index in [4.69, 9.17) is 5.73 Å². The second kappa shape index (κ2) is 5.17. The van der Waals surface area contributed by atoms with Gasteiger partial charge < -0.3 is 10.8 Å². The predicted octanol–water partition coefficient (Wildman–Crippen LogP) is 1.90. The molecule has 0 bridgehead atoms. The SMILES string of the molecule is Nc1c(-c2ccccc2)[nH]n(C2CCCCC2O)c1=O. The van der Waals surface area contributed by atoms with Crippen molar-refractivity contribution in [2.45, 2.75) is 37.8 Å². The molecule has 3 rings (SSSR count). The average Bonchev–Trinajstić information content (AvgIpc) is 2.77. The lowest BCUT2D eigenvalue weighted by Crippen LogP contribution is -2.34.